The molecule has 1 heterocycles. The standard InChI is InChI=1S/C46H52N2/c1-9-36(6)47(44-25-15-12-16-26-44)38(8)41-30-40(31-42(32-41)46-34(4)20-19-21-35(46)5)33(3)28-29-43(10-2)48-37(7)22-13-11-14-23-39-24-17-18-27-45(39)48/h10-16,18-22,25-31,36,41H,3,7-9,17,23-24,32H2,1-2,4-6H3/b14-11-,22-13-,29-28-,43-10+. The largest absolute Gasteiger partial charge is 0.342 e. The Morgan fingerprint density at radius 2 is 1.73 bits per heavy atom. The highest BCUT2D eigenvalue weighted by atomic mass is 15.2. The fourth-order valence-corrected chi connectivity index (χ4v) is 7.08. The van der Waals surface area contributed by atoms with Gasteiger partial charge in [-0.3, -0.25) is 0 Å². The molecule has 2 nitrogen and oxygen atoms in total. The lowest BCUT2D eigenvalue weighted by molar-refractivity contribution is 0.560. The number of rotatable bonds is 10. The Morgan fingerprint density at radius 3 is 2.44 bits per heavy atom. The van der Waals surface area contributed by atoms with Crippen LogP contribution in [0.1, 0.15) is 69.6 Å². The maximum atomic E-state index is 4.77. The van der Waals surface area contributed by atoms with Gasteiger partial charge in [0.2, 0.25) is 0 Å². The molecule has 0 saturated heterocycles. The predicted molar refractivity (Wildman–Crippen MR) is 209 cm³/mol. The van der Waals surface area contributed by atoms with E-state index >= 15 is 0 Å². The molecule has 246 valence electrons. The minimum absolute atomic E-state index is 0.121. The summed E-state index contributed by atoms with van der Waals surface area (Å²) in [6, 6.07) is 17.6. The molecule has 2 aliphatic carbocycles. The molecule has 0 saturated carbocycles. The van der Waals surface area contributed by atoms with Gasteiger partial charge in [-0.25, -0.2) is 0 Å². The van der Waals surface area contributed by atoms with Crippen LogP contribution in [-0.2, 0) is 0 Å². The van der Waals surface area contributed by atoms with E-state index in [0.717, 1.165) is 60.3 Å². The molecule has 0 fully saturated rings. The zero-order chi connectivity index (χ0) is 34.2. The number of para-hydroxylation sites is 1. The van der Waals surface area contributed by atoms with Crippen LogP contribution in [0.3, 0.4) is 0 Å². The lowest BCUT2D eigenvalue weighted by atomic mass is 9.80. The minimum Gasteiger partial charge on any atom is -0.342 e. The van der Waals surface area contributed by atoms with Gasteiger partial charge in [-0.15, -0.1) is 0 Å². The molecule has 2 unspecified atom stereocenters. The maximum absolute atomic E-state index is 4.77. The summed E-state index contributed by atoms with van der Waals surface area (Å²) in [5.41, 5.74) is 14.4. The number of aryl methyl sites for hydroxylation is 2. The molecule has 0 N–H and O–H groups in total. The third-order valence-corrected chi connectivity index (χ3v) is 9.81. The quantitative estimate of drug-likeness (QED) is 0.240. The van der Waals surface area contributed by atoms with Crippen molar-refractivity contribution in [3.05, 3.63) is 191 Å². The Bertz CT molecular complexity index is 1780. The molecule has 48 heavy (non-hydrogen) atoms. The summed E-state index contributed by atoms with van der Waals surface area (Å²) >= 11 is 0. The van der Waals surface area contributed by atoms with Crippen molar-refractivity contribution in [1.82, 2.24) is 4.90 Å². The summed E-state index contributed by atoms with van der Waals surface area (Å²) in [6.07, 6.45) is 29.4. The molecule has 2 heteroatoms. The van der Waals surface area contributed by atoms with Gasteiger partial charge in [0, 0.05) is 40.4 Å². The van der Waals surface area contributed by atoms with Crippen molar-refractivity contribution >= 4 is 11.3 Å². The summed E-state index contributed by atoms with van der Waals surface area (Å²) in [5.74, 6) is 0.121. The van der Waals surface area contributed by atoms with E-state index < -0.39 is 0 Å². The molecule has 5 rings (SSSR count). The molecule has 2 aromatic carbocycles. The van der Waals surface area contributed by atoms with Gasteiger partial charge in [0.25, 0.3) is 0 Å². The van der Waals surface area contributed by atoms with E-state index in [1.54, 1.807) is 0 Å². The normalized spacial score (nSPS) is 20.3. The van der Waals surface area contributed by atoms with Crippen molar-refractivity contribution in [3.63, 3.8) is 0 Å². The first-order valence-corrected chi connectivity index (χ1v) is 17.5. The maximum Gasteiger partial charge on any atom is 0.0453 e. The zero-order valence-corrected chi connectivity index (χ0v) is 29.7. The molecule has 1 aliphatic heterocycles. The highest BCUT2D eigenvalue weighted by Crippen LogP contribution is 2.40. The van der Waals surface area contributed by atoms with Gasteiger partial charge in [-0.1, -0.05) is 112 Å². The molecule has 0 bridgehead atoms. The fourth-order valence-electron chi connectivity index (χ4n) is 7.08. The molecule has 3 aliphatic rings. The fraction of sp³-hybridized carbons (Fsp3) is 0.261. The molecule has 0 spiro atoms. The number of nitrogens with zero attached hydrogens (tertiary/aromatic N) is 2. The Labute approximate surface area is 290 Å². The van der Waals surface area contributed by atoms with E-state index in [-0.39, 0.29) is 5.92 Å². The lowest BCUT2D eigenvalue weighted by Gasteiger charge is -2.37. The Kier molecular flexibility index (Phi) is 11.4. The van der Waals surface area contributed by atoms with Crippen molar-refractivity contribution in [2.45, 2.75) is 72.8 Å². The van der Waals surface area contributed by atoms with Crippen LogP contribution in [0.2, 0.25) is 0 Å². The van der Waals surface area contributed by atoms with Crippen LogP contribution in [0, 0.1) is 19.8 Å². The molecule has 0 radical (unpaired) electrons. The monoisotopic (exact) mass is 632 g/mol. The van der Waals surface area contributed by atoms with Gasteiger partial charge >= 0.3 is 0 Å². The number of allylic oxidation sites excluding steroid dienone is 15. The summed E-state index contributed by atoms with van der Waals surface area (Å²) in [5, 5.41) is 0. The van der Waals surface area contributed by atoms with E-state index in [4.69, 9.17) is 6.58 Å². The van der Waals surface area contributed by atoms with Crippen LogP contribution >= 0.6 is 0 Å². The van der Waals surface area contributed by atoms with E-state index in [9.17, 15) is 0 Å². The van der Waals surface area contributed by atoms with Crippen molar-refractivity contribution < 1.29 is 0 Å². The van der Waals surface area contributed by atoms with Gasteiger partial charge in [0.1, 0.15) is 0 Å². The first-order valence-electron chi connectivity index (χ1n) is 17.5. The third kappa shape index (κ3) is 7.66. The van der Waals surface area contributed by atoms with Crippen molar-refractivity contribution in [2.24, 2.45) is 5.92 Å². The van der Waals surface area contributed by atoms with Crippen LogP contribution in [0.5, 0.6) is 0 Å². The van der Waals surface area contributed by atoms with E-state index in [0.29, 0.717) is 6.04 Å². The van der Waals surface area contributed by atoms with Crippen molar-refractivity contribution in [1.29, 1.82) is 0 Å². The van der Waals surface area contributed by atoms with Crippen LogP contribution < -0.4 is 4.90 Å². The topological polar surface area (TPSA) is 6.48 Å². The van der Waals surface area contributed by atoms with E-state index in [1.807, 2.05) is 0 Å². The zero-order valence-electron chi connectivity index (χ0n) is 29.7. The minimum atomic E-state index is 0.121. The van der Waals surface area contributed by atoms with E-state index in [2.05, 4.69) is 173 Å². The van der Waals surface area contributed by atoms with E-state index in [1.165, 1.54) is 39.2 Å². The molecule has 2 atom stereocenters. The third-order valence-electron chi connectivity index (χ3n) is 9.81. The Morgan fingerprint density at radius 1 is 0.979 bits per heavy atom. The van der Waals surface area contributed by atoms with Gasteiger partial charge in [0.15, 0.2) is 0 Å². The van der Waals surface area contributed by atoms with Gasteiger partial charge in [-0.2, -0.15) is 0 Å². The predicted octanol–water partition coefficient (Wildman–Crippen LogP) is 12.4. The molecule has 0 amide bonds. The average molecular weight is 633 g/mol. The SMILES string of the molecule is C=C(/C=C\C(=C/C)N1C(=C)/C=C\C=C/CC2=C1C=CCC2)C1=CC(C(=C)N(c2ccccc2)C(C)CC)CC(c2c(C)cccc2C)=C1. The second kappa shape index (κ2) is 15.8. The van der Waals surface area contributed by atoms with Crippen LogP contribution in [0.15, 0.2) is 175 Å². The molecular formula is C46H52N2. The second-order valence-electron chi connectivity index (χ2n) is 13.1. The highest BCUT2D eigenvalue weighted by Gasteiger charge is 2.27. The lowest BCUT2D eigenvalue weighted by Crippen LogP contribution is -2.34. The van der Waals surface area contributed by atoms with Gasteiger partial charge in [0.05, 0.1) is 0 Å². The summed E-state index contributed by atoms with van der Waals surface area (Å²) < 4.78 is 0. The van der Waals surface area contributed by atoms with Gasteiger partial charge in [-0.05, 0) is 129 Å². The first-order chi connectivity index (χ1) is 23.2. The molecular weight excluding hydrogens is 581 g/mol. The summed E-state index contributed by atoms with van der Waals surface area (Å²) in [4.78, 5) is 4.73. The summed E-state index contributed by atoms with van der Waals surface area (Å²) in [6.45, 7) is 25.0. The second-order valence-corrected chi connectivity index (χ2v) is 13.1. The van der Waals surface area contributed by atoms with Gasteiger partial charge < -0.3 is 9.80 Å². The number of anilines is 1. The number of benzene rings is 2. The number of hydrogen-bond acceptors (Lipinski definition) is 2. The average Bonchev–Trinajstić information content (AvgIpc) is 3.17. The summed E-state index contributed by atoms with van der Waals surface area (Å²) in [7, 11) is 0. The smallest absolute Gasteiger partial charge is 0.0453 e. The molecule has 0 aromatic heterocycles. The van der Waals surface area contributed by atoms with Crippen LogP contribution in [0.25, 0.3) is 5.57 Å². The van der Waals surface area contributed by atoms with Crippen molar-refractivity contribution in [3.8, 4) is 0 Å². The first kappa shape index (κ1) is 34.5. The Hall–Kier alpha value is -4.82. The highest BCUT2D eigenvalue weighted by molar-refractivity contribution is 5.77. The van der Waals surface area contributed by atoms with Crippen LogP contribution in [0.4, 0.5) is 5.69 Å². The van der Waals surface area contributed by atoms with Crippen molar-refractivity contribution in [2.75, 3.05) is 4.90 Å². The molecule has 2 aromatic rings. The van der Waals surface area contributed by atoms with Crippen LogP contribution in [-0.4, -0.2) is 10.9 Å². The Balaban J connectivity index is 1.53. The number of hydrogen-bond donors (Lipinski definition) is 0.